The molecule has 0 aliphatic carbocycles. The molecule has 2 N–H and O–H groups in total. The quantitative estimate of drug-likeness (QED) is 0.111. The van der Waals surface area contributed by atoms with Crippen LogP contribution in [0.3, 0.4) is 0 Å². The highest BCUT2D eigenvalue weighted by Gasteiger charge is 2.39. The van der Waals surface area contributed by atoms with Gasteiger partial charge in [0.25, 0.3) is 0 Å². The third-order valence-corrected chi connectivity index (χ3v) is 10.3. The summed E-state index contributed by atoms with van der Waals surface area (Å²) in [5.74, 6) is 1.53. The monoisotopic (exact) mass is 664 g/mol. The molecule has 1 aliphatic heterocycles. The Labute approximate surface area is 292 Å². The van der Waals surface area contributed by atoms with Crippen molar-refractivity contribution in [3.8, 4) is 11.5 Å². The summed E-state index contributed by atoms with van der Waals surface area (Å²) in [5.41, 5.74) is 5.64. The van der Waals surface area contributed by atoms with E-state index in [-0.39, 0.29) is 22.6 Å². The van der Waals surface area contributed by atoms with E-state index >= 15 is 0 Å². The van der Waals surface area contributed by atoms with E-state index in [1.807, 2.05) is 0 Å². The van der Waals surface area contributed by atoms with E-state index in [9.17, 15) is 9.18 Å². The summed E-state index contributed by atoms with van der Waals surface area (Å²) in [4.78, 5) is 13.1. The van der Waals surface area contributed by atoms with Gasteiger partial charge < -0.3 is 20.1 Å². The molecule has 0 amide bonds. The third kappa shape index (κ3) is 8.97. The van der Waals surface area contributed by atoms with E-state index in [4.69, 9.17) is 9.47 Å². The molecule has 0 spiro atoms. The van der Waals surface area contributed by atoms with E-state index in [1.165, 1.54) is 34.4 Å². The number of hydrogen-bond acceptors (Lipinski definition) is 5. The van der Waals surface area contributed by atoms with Crippen LogP contribution in [0.2, 0.25) is 0 Å². The van der Waals surface area contributed by atoms with Gasteiger partial charge in [-0.05, 0) is 97.0 Å². The van der Waals surface area contributed by atoms with Crippen LogP contribution in [-0.2, 0) is 28.6 Å². The first-order chi connectivity index (χ1) is 23.8. The van der Waals surface area contributed by atoms with Crippen molar-refractivity contribution in [1.82, 2.24) is 10.6 Å². The lowest BCUT2D eigenvalue weighted by atomic mass is 9.67. The van der Waals surface area contributed by atoms with Crippen molar-refractivity contribution in [2.45, 2.75) is 88.6 Å². The summed E-state index contributed by atoms with van der Waals surface area (Å²) in [7, 11) is 3.40. The zero-order valence-corrected chi connectivity index (χ0v) is 29.7. The molecule has 6 heteroatoms. The van der Waals surface area contributed by atoms with Crippen molar-refractivity contribution in [1.29, 1.82) is 0 Å². The van der Waals surface area contributed by atoms with E-state index < -0.39 is 0 Å². The SMILES string of the molecule is COc1cc2c(cc1OC)C(CCCC(CCCC(=O)CCc1ccc(F)cc1)(c1ccccc1)c1ccccc1)(CNC(C)C)NCC2. The number of rotatable bonds is 18. The zero-order valence-electron chi connectivity index (χ0n) is 29.7. The van der Waals surface area contributed by atoms with Gasteiger partial charge in [0.2, 0.25) is 0 Å². The number of aryl methyl sites for hydroxylation is 1. The maximum Gasteiger partial charge on any atom is 0.161 e. The van der Waals surface area contributed by atoms with Crippen LogP contribution >= 0.6 is 0 Å². The Morgan fingerprint density at radius 3 is 2.08 bits per heavy atom. The van der Waals surface area contributed by atoms with Crippen molar-refractivity contribution < 1.29 is 18.7 Å². The predicted octanol–water partition coefficient (Wildman–Crippen LogP) is 8.71. The van der Waals surface area contributed by atoms with E-state index in [2.05, 4.69) is 97.3 Å². The molecule has 0 saturated carbocycles. The van der Waals surface area contributed by atoms with E-state index in [0.717, 1.165) is 68.7 Å². The number of benzene rings is 4. The molecule has 0 fully saturated rings. The first-order valence-corrected chi connectivity index (χ1v) is 17.9. The number of carbonyl (C=O) groups excluding carboxylic acids is 1. The Morgan fingerprint density at radius 2 is 1.47 bits per heavy atom. The van der Waals surface area contributed by atoms with Crippen LogP contribution in [0.25, 0.3) is 0 Å². The second-order valence-corrected chi connectivity index (χ2v) is 13.8. The standard InChI is InChI=1S/C43H53FN2O3/c1-32(2)45-31-43(39-30-41(49-4)40(48-3)29-34(39)24-28-46-43)27-12-26-42(35-13-7-5-8-14-35,36-15-9-6-10-16-36)25-11-17-38(47)23-20-33-18-21-37(44)22-19-33/h5-10,13-16,18-19,21-22,29-30,32,45-46H,11-12,17,20,23-28,31H2,1-4H3. The summed E-state index contributed by atoms with van der Waals surface area (Å²) in [6.45, 7) is 6.09. The Hall–Kier alpha value is -4.00. The van der Waals surface area contributed by atoms with Gasteiger partial charge in [-0.15, -0.1) is 0 Å². The highest BCUT2D eigenvalue weighted by atomic mass is 19.1. The molecule has 0 aromatic heterocycles. The molecular formula is C43H53FN2O3. The number of nitrogens with one attached hydrogen (secondary N) is 2. The Morgan fingerprint density at radius 1 is 0.857 bits per heavy atom. The van der Waals surface area contributed by atoms with Gasteiger partial charge in [-0.25, -0.2) is 4.39 Å². The molecule has 5 nitrogen and oxygen atoms in total. The Bertz CT molecular complexity index is 1590. The molecule has 0 saturated heterocycles. The molecule has 260 valence electrons. The van der Waals surface area contributed by atoms with Crippen LogP contribution in [0, 0.1) is 5.82 Å². The smallest absolute Gasteiger partial charge is 0.161 e. The molecule has 49 heavy (non-hydrogen) atoms. The largest absolute Gasteiger partial charge is 0.493 e. The Balaban J connectivity index is 1.41. The fourth-order valence-corrected chi connectivity index (χ4v) is 7.68. The van der Waals surface area contributed by atoms with Crippen LogP contribution in [0.4, 0.5) is 4.39 Å². The minimum absolute atomic E-state index is 0.248. The maximum absolute atomic E-state index is 13.4. The molecule has 1 unspecified atom stereocenters. The average molecular weight is 665 g/mol. The van der Waals surface area contributed by atoms with Gasteiger partial charge in [0.15, 0.2) is 11.5 Å². The summed E-state index contributed by atoms with van der Waals surface area (Å²) >= 11 is 0. The number of carbonyl (C=O) groups is 1. The number of halogens is 1. The van der Waals surface area contributed by atoms with Crippen molar-refractivity contribution >= 4 is 5.78 Å². The molecule has 5 rings (SSSR count). The van der Waals surface area contributed by atoms with Crippen molar-refractivity contribution in [2.24, 2.45) is 0 Å². The van der Waals surface area contributed by atoms with Crippen LogP contribution in [0.15, 0.2) is 97.1 Å². The normalized spacial score (nSPS) is 16.0. The number of fused-ring (bicyclic) bond motifs is 1. The van der Waals surface area contributed by atoms with Gasteiger partial charge in [-0.2, -0.15) is 0 Å². The summed E-state index contributed by atoms with van der Waals surface area (Å²) in [6, 6.07) is 32.9. The highest BCUT2D eigenvalue weighted by molar-refractivity contribution is 5.78. The molecule has 4 aromatic rings. The lowest BCUT2D eigenvalue weighted by molar-refractivity contribution is -0.119. The zero-order chi connectivity index (χ0) is 34.7. The molecular weight excluding hydrogens is 611 g/mol. The fraction of sp³-hybridized carbons (Fsp3) is 0.419. The second-order valence-electron chi connectivity index (χ2n) is 13.8. The molecule has 0 bridgehead atoms. The third-order valence-electron chi connectivity index (χ3n) is 10.3. The number of ketones is 1. The van der Waals surface area contributed by atoms with Gasteiger partial charge >= 0.3 is 0 Å². The first kappa shape index (κ1) is 36.3. The number of hydrogen-bond donors (Lipinski definition) is 2. The summed E-state index contributed by atoms with van der Waals surface area (Å²) in [6.07, 6.45) is 7.10. The van der Waals surface area contributed by atoms with Crippen molar-refractivity contribution in [2.75, 3.05) is 27.3 Å². The van der Waals surface area contributed by atoms with Gasteiger partial charge in [0, 0.05) is 37.4 Å². The van der Waals surface area contributed by atoms with Gasteiger partial charge in [0.05, 0.1) is 19.8 Å². The van der Waals surface area contributed by atoms with E-state index in [0.29, 0.717) is 25.3 Å². The summed E-state index contributed by atoms with van der Waals surface area (Å²) < 4.78 is 24.9. The van der Waals surface area contributed by atoms with Gasteiger partial charge in [0.1, 0.15) is 11.6 Å². The predicted molar refractivity (Wildman–Crippen MR) is 197 cm³/mol. The van der Waals surface area contributed by atoms with Gasteiger partial charge in [-0.1, -0.05) is 86.6 Å². The lowest BCUT2D eigenvalue weighted by Gasteiger charge is -2.43. The van der Waals surface area contributed by atoms with Crippen LogP contribution in [-0.4, -0.2) is 39.1 Å². The fourth-order valence-electron chi connectivity index (χ4n) is 7.68. The minimum atomic E-state index is -0.271. The van der Waals surface area contributed by atoms with Crippen LogP contribution in [0.5, 0.6) is 11.5 Å². The molecule has 1 heterocycles. The Kier molecular flexibility index (Phi) is 12.7. The van der Waals surface area contributed by atoms with Crippen LogP contribution < -0.4 is 20.1 Å². The lowest BCUT2D eigenvalue weighted by Crippen LogP contribution is -2.54. The average Bonchev–Trinajstić information content (AvgIpc) is 3.13. The topological polar surface area (TPSA) is 59.6 Å². The summed E-state index contributed by atoms with van der Waals surface area (Å²) in [5, 5.41) is 7.72. The number of methoxy groups -OCH3 is 2. The van der Waals surface area contributed by atoms with E-state index in [1.54, 1.807) is 26.4 Å². The highest BCUT2D eigenvalue weighted by Crippen LogP contribution is 2.45. The molecule has 1 aliphatic rings. The molecule has 4 aromatic carbocycles. The number of Topliss-reactive ketones (excluding diaryl/α,β-unsaturated/α-hetero) is 1. The molecule has 1 atom stereocenters. The molecule has 0 radical (unpaired) electrons. The minimum Gasteiger partial charge on any atom is -0.493 e. The van der Waals surface area contributed by atoms with Crippen molar-refractivity contribution in [3.05, 3.63) is 131 Å². The van der Waals surface area contributed by atoms with Crippen LogP contribution in [0.1, 0.15) is 86.6 Å². The first-order valence-electron chi connectivity index (χ1n) is 17.9. The number of ether oxygens (including phenoxy) is 2. The second kappa shape index (κ2) is 17.1. The van der Waals surface area contributed by atoms with Gasteiger partial charge in [-0.3, -0.25) is 4.79 Å². The maximum atomic E-state index is 13.4. The van der Waals surface area contributed by atoms with Crippen molar-refractivity contribution in [3.63, 3.8) is 0 Å².